The number of benzene rings is 1. The zero-order valence-corrected chi connectivity index (χ0v) is 9.30. The van der Waals surface area contributed by atoms with Crippen LogP contribution in [0.15, 0.2) is 24.3 Å². The van der Waals surface area contributed by atoms with Gasteiger partial charge in [0, 0.05) is 5.56 Å². The van der Waals surface area contributed by atoms with Crippen molar-refractivity contribution in [1.29, 1.82) is 0 Å². The highest BCUT2D eigenvalue weighted by Crippen LogP contribution is 2.39. The lowest BCUT2D eigenvalue weighted by atomic mass is 9.90. The lowest BCUT2D eigenvalue weighted by Crippen LogP contribution is -2.37. The molecule has 5 heteroatoms. The lowest BCUT2D eigenvalue weighted by molar-refractivity contribution is -0.174. The number of rotatable bonds is 3. The van der Waals surface area contributed by atoms with E-state index in [1.165, 1.54) is 0 Å². The van der Waals surface area contributed by atoms with Gasteiger partial charge in [0.15, 0.2) is 6.79 Å². The average molecular weight is 236 g/mol. The molecule has 0 aliphatic carbocycles. The van der Waals surface area contributed by atoms with Crippen LogP contribution in [0.5, 0.6) is 0 Å². The summed E-state index contributed by atoms with van der Waals surface area (Å²) in [6.07, 6.45) is 0.259. The molecular weight excluding hydrogens is 224 g/mol. The maximum Gasteiger partial charge on any atom is 0.357 e. The Balaban J connectivity index is 2.51. The quantitative estimate of drug-likeness (QED) is 0.625. The fraction of sp³-hybridized carbons (Fsp3) is 0.333. The molecule has 0 bridgehead atoms. The first-order chi connectivity index (χ1) is 8.15. The van der Waals surface area contributed by atoms with Gasteiger partial charge < -0.3 is 14.6 Å². The number of carbonyl (C=O) groups is 2. The predicted molar refractivity (Wildman–Crippen MR) is 57.0 cm³/mol. The molecule has 1 heterocycles. The molecule has 1 atom stereocenters. The molecule has 90 valence electrons. The zero-order chi connectivity index (χ0) is 12.5. The minimum Gasteiger partial charge on any atom is -0.438 e. The van der Waals surface area contributed by atoms with Gasteiger partial charge in [0.25, 0.3) is 0 Å². The van der Waals surface area contributed by atoms with Crippen LogP contribution in [0.4, 0.5) is 0 Å². The van der Waals surface area contributed by atoms with E-state index in [-0.39, 0.29) is 6.42 Å². The minimum absolute atomic E-state index is 0.259. The highest BCUT2D eigenvalue weighted by Gasteiger charge is 2.51. The summed E-state index contributed by atoms with van der Waals surface area (Å²) in [5, 5.41) is 8.64. The van der Waals surface area contributed by atoms with Crippen LogP contribution in [0, 0.1) is 0 Å². The maximum atomic E-state index is 11.8. The van der Waals surface area contributed by atoms with Gasteiger partial charge >= 0.3 is 11.9 Å². The third-order valence-electron chi connectivity index (χ3n) is 2.87. The predicted octanol–water partition coefficient (Wildman–Crippen LogP) is 0.955. The number of carbonyl (C=O) groups excluding carboxylic acids is 2. The van der Waals surface area contributed by atoms with E-state index in [9.17, 15) is 9.59 Å². The maximum absolute atomic E-state index is 11.8. The Morgan fingerprint density at radius 1 is 1.47 bits per heavy atom. The molecule has 0 saturated carbocycles. The summed E-state index contributed by atoms with van der Waals surface area (Å²) in [7, 11) is 0. The second-order valence-electron chi connectivity index (χ2n) is 3.68. The van der Waals surface area contributed by atoms with Gasteiger partial charge in [-0.25, -0.2) is 9.59 Å². The van der Waals surface area contributed by atoms with E-state index in [1.807, 2.05) is 0 Å². The molecule has 1 aromatic carbocycles. The Morgan fingerprint density at radius 3 is 2.82 bits per heavy atom. The first-order valence-corrected chi connectivity index (χ1v) is 5.26. The van der Waals surface area contributed by atoms with Crippen LogP contribution < -0.4 is 0 Å². The van der Waals surface area contributed by atoms with Crippen LogP contribution in [0.3, 0.4) is 0 Å². The van der Waals surface area contributed by atoms with E-state index in [4.69, 9.17) is 9.84 Å². The zero-order valence-electron chi connectivity index (χ0n) is 9.30. The minimum atomic E-state index is -1.42. The van der Waals surface area contributed by atoms with Gasteiger partial charge in [0.2, 0.25) is 5.60 Å². The van der Waals surface area contributed by atoms with Crippen molar-refractivity contribution in [2.45, 2.75) is 18.9 Å². The molecule has 2 rings (SSSR count). The number of hydrogen-bond donors (Lipinski definition) is 1. The van der Waals surface area contributed by atoms with Gasteiger partial charge in [-0.15, -0.1) is 0 Å². The van der Waals surface area contributed by atoms with Crippen LogP contribution in [0.1, 0.15) is 29.3 Å². The van der Waals surface area contributed by atoms with Gasteiger partial charge in [0.05, 0.1) is 5.56 Å². The van der Waals surface area contributed by atoms with Crippen LogP contribution in [0.2, 0.25) is 0 Å². The normalized spacial score (nSPS) is 21.9. The van der Waals surface area contributed by atoms with Crippen molar-refractivity contribution < 1.29 is 24.2 Å². The fourth-order valence-corrected chi connectivity index (χ4v) is 2.02. The number of aliphatic hydroxyl groups is 1. The lowest BCUT2D eigenvalue weighted by Gasteiger charge is -2.24. The SMILES string of the molecule is CCC1(C(=O)OCO)OC(=O)c2ccccc21. The van der Waals surface area contributed by atoms with Crippen molar-refractivity contribution >= 4 is 11.9 Å². The summed E-state index contributed by atoms with van der Waals surface area (Å²) in [6.45, 7) is 0.980. The monoisotopic (exact) mass is 236 g/mol. The highest BCUT2D eigenvalue weighted by atomic mass is 16.6. The Bertz CT molecular complexity index is 468. The molecule has 1 aliphatic heterocycles. The Kier molecular flexibility index (Phi) is 2.85. The van der Waals surface area contributed by atoms with Crippen molar-refractivity contribution in [2.75, 3.05) is 6.79 Å². The third-order valence-corrected chi connectivity index (χ3v) is 2.87. The van der Waals surface area contributed by atoms with Crippen molar-refractivity contribution in [2.24, 2.45) is 0 Å². The molecule has 0 aromatic heterocycles. The molecular formula is C12H12O5. The van der Waals surface area contributed by atoms with Gasteiger partial charge in [0.1, 0.15) is 0 Å². The van der Waals surface area contributed by atoms with E-state index >= 15 is 0 Å². The molecule has 5 nitrogen and oxygen atoms in total. The molecule has 0 spiro atoms. The summed E-state index contributed by atoms with van der Waals surface area (Å²) < 4.78 is 9.72. The van der Waals surface area contributed by atoms with E-state index in [2.05, 4.69) is 4.74 Å². The molecule has 1 aromatic rings. The first-order valence-electron chi connectivity index (χ1n) is 5.26. The topological polar surface area (TPSA) is 72.8 Å². The van der Waals surface area contributed by atoms with Gasteiger partial charge in [-0.2, -0.15) is 0 Å². The molecule has 0 saturated heterocycles. The smallest absolute Gasteiger partial charge is 0.357 e. The number of esters is 2. The van der Waals surface area contributed by atoms with Crippen LogP contribution in [-0.2, 0) is 19.9 Å². The number of aliphatic hydroxyl groups excluding tert-OH is 1. The molecule has 17 heavy (non-hydrogen) atoms. The summed E-state index contributed by atoms with van der Waals surface area (Å²) in [5.41, 5.74) is -0.564. The second-order valence-corrected chi connectivity index (χ2v) is 3.68. The second kappa shape index (κ2) is 4.18. The van der Waals surface area contributed by atoms with Gasteiger partial charge in [-0.3, -0.25) is 0 Å². The van der Waals surface area contributed by atoms with E-state index in [0.29, 0.717) is 11.1 Å². The van der Waals surface area contributed by atoms with Crippen molar-refractivity contribution in [3.05, 3.63) is 35.4 Å². The molecule has 0 fully saturated rings. The number of ether oxygens (including phenoxy) is 2. The standard InChI is InChI=1S/C12H12O5/c1-2-12(11(15)16-7-13)9-6-4-3-5-8(9)10(14)17-12/h3-6,13H,2,7H2,1H3. The molecule has 1 aliphatic rings. The Labute approximate surface area is 98.0 Å². The molecule has 0 radical (unpaired) electrons. The van der Waals surface area contributed by atoms with Gasteiger partial charge in [-0.05, 0) is 12.5 Å². The van der Waals surface area contributed by atoms with E-state index in [0.717, 1.165) is 0 Å². The van der Waals surface area contributed by atoms with Gasteiger partial charge in [-0.1, -0.05) is 25.1 Å². The molecule has 1 unspecified atom stereocenters. The van der Waals surface area contributed by atoms with E-state index in [1.54, 1.807) is 31.2 Å². The van der Waals surface area contributed by atoms with Crippen molar-refractivity contribution in [1.82, 2.24) is 0 Å². The third kappa shape index (κ3) is 1.59. The summed E-state index contributed by atoms with van der Waals surface area (Å²) >= 11 is 0. The largest absolute Gasteiger partial charge is 0.438 e. The average Bonchev–Trinajstić information content (AvgIpc) is 2.65. The van der Waals surface area contributed by atoms with Crippen LogP contribution in [-0.4, -0.2) is 23.8 Å². The van der Waals surface area contributed by atoms with Crippen molar-refractivity contribution in [3.63, 3.8) is 0 Å². The van der Waals surface area contributed by atoms with Crippen LogP contribution in [0.25, 0.3) is 0 Å². The molecule has 1 N–H and O–H groups in total. The fourth-order valence-electron chi connectivity index (χ4n) is 2.02. The number of fused-ring (bicyclic) bond motifs is 1. The summed E-state index contributed by atoms with van der Waals surface area (Å²) in [4.78, 5) is 23.5. The summed E-state index contributed by atoms with van der Waals surface area (Å²) in [6, 6.07) is 6.67. The number of cyclic esters (lactones) is 1. The highest BCUT2D eigenvalue weighted by molar-refractivity contribution is 6.00. The van der Waals surface area contributed by atoms with Crippen LogP contribution >= 0.6 is 0 Å². The van der Waals surface area contributed by atoms with Crippen molar-refractivity contribution in [3.8, 4) is 0 Å². The first kappa shape index (κ1) is 11.6. The Hall–Kier alpha value is -1.88. The van der Waals surface area contributed by atoms with E-state index < -0.39 is 24.3 Å². The molecule has 0 amide bonds. The Morgan fingerprint density at radius 2 is 2.18 bits per heavy atom. The number of hydrogen-bond acceptors (Lipinski definition) is 5. The summed E-state index contributed by atoms with van der Waals surface area (Å²) in [5.74, 6) is -1.29.